The Labute approximate surface area is 189 Å². The maximum absolute atomic E-state index is 13.8. The van der Waals surface area contributed by atoms with Crippen LogP contribution in [0.25, 0.3) is 0 Å². The number of aliphatic imine (C=N–C) groups is 1. The van der Waals surface area contributed by atoms with Gasteiger partial charge in [-0.3, -0.25) is 15.3 Å². The van der Waals surface area contributed by atoms with Gasteiger partial charge in [0.2, 0.25) is 11.4 Å². The average molecular weight is 433 g/mol. The van der Waals surface area contributed by atoms with Gasteiger partial charge in [-0.15, -0.1) is 0 Å². The van der Waals surface area contributed by atoms with Gasteiger partial charge in [-0.2, -0.15) is 0 Å². The zero-order valence-electron chi connectivity index (χ0n) is 18.7. The molecule has 2 aromatic carbocycles. The predicted octanol–water partition coefficient (Wildman–Crippen LogP) is 3.41. The second-order valence-electron chi connectivity index (χ2n) is 9.01. The molecule has 0 aromatic heterocycles. The molecule has 2 aromatic rings. The quantitative estimate of drug-likeness (QED) is 0.683. The number of para-hydroxylation sites is 1. The highest BCUT2D eigenvalue weighted by atomic mass is 16.2. The molecule has 168 valence electrons. The van der Waals surface area contributed by atoms with Crippen molar-refractivity contribution in [2.24, 2.45) is 22.4 Å². The Hall–Kier alpha value is -2.83. The molecule has 0 bridgehead atoms. The van der Waals surface area contributed by atoms with Gasteiger partial charge in [-0.25, -0.2) is 4.99 Å². The van der Waals surface area contributed by atoms with Crippen LogP contribution >= 0.6 is 0 Å². The van der Waals surface area contributed by atoms with Crippen LogP contribution < -0.4 is 16.4 Å². The van der Waals surface area contributed by atoms with Gasteiger partial charge < -0.3 is 10.6 Å². The zero-order valence-corrected chi connectivity index (χ0v) is 18.7. The lowest BCUT2D eigenvalue weighted by Crippen LogP contribution is -2.63. The SMILES string of the molecule is C[C@H](N)C(=O)C1(N)N=C(c2ccccc2)c2ccccc2N(CCC2CCCCC2)C1=O. The van der Waals surface area contributed by atoms with E-state index < -0.39 is 23.4 Å². The molecule has 6 heteroatoms. The molecular weight excluding hydrogens is 400 g/mol. The molecule has 2 atom stereocenters. The minimum absolute atomic E-state index is 0.503. The third-order valence-electron chi connectivity index (χ3n) is 6.63. The molecule has 0 spiro atoms. The molecule has 6 nitrogen and oxygen atoms in total. The summed E-state index contributed by atoms with van der Waals surface area (Å²) >= 11 is 0. The number of hydrogen-bond acceptors (Lipinski definition) is 5. The number of carbonyl (C=O) groups is 2. The molecule has 32 heavy (non-hydrogen) atoms. The molecule has 4 N–H and O–H groups in total. The smallest absolute Gasteiger partial charge is 0.277 e. The van der Waals surface area contributed by atoms with Gasteiger partial charge in [0.1, 0.15) is 0 Å². The highest BCUT2D eigenvalue weighted by molar-refractivity contribution is 6.26. The van der Waals surface area contributed by atoms with E-state index in [9.17, 15) is 9.59 Å². The third kappa shape index (κ3) is 4.25. The van der Waals surface area contributed by atoms with Crippen molar-refractivity contribution in [1.29, 1.82) is 0 Å². The van der Waals surface area contributed by atoms with E-state index in [0.717, 1.165) is 23.2 Å². The highest BCUT2D eigenvalue weighted by Gasteiger charge is 2.48. The molecule has 1 unspecified atom stereocenters. The fourth-order valence-corrected chi connectivity index (χ4v) is 4.84. The van der Waals surface area contributed by atoms with Crippen molar-refractivity contribution < 1.29 is 9.59 Å². The molecular formula is C26H32N4O2. The normalized spacial score (nSPS) is 22.7. The number of Topliss-reactive ketones (excluding diaryl/α,β-unsaturated/α-hetero) is 1. The van der Waals surface area contributed by atoms with Crippen molar-refractivity contribution in [2.45, 2.75) is 57.2 Å². The average Bonchev–Trinajstić information content (AvgIpc) is 2.92. The summed E-state index contributed by atoms with van der Waals surface area (Å²) < 4.78 is 0. The van der Waals surface area contributed by atoms with Gasteiger partial charge in [-0.1, -0.05) is 80.6 Å². The molecule has 0 saturated heterocycles. The maximum atomic E-state index is 13.8. The number of ketones is 1. The molecule has 0 radical (unpaired) electrons. The molecule has 1 amide bonds. The van der Waals surface area contributed by atoms with E-state index in [1.54, 1.807) is 11.8 Å². The molecule has 1 aliphatic carbocycles. The van der Waals surface area contributed by atoms with Crippen molar-refractivity contribution in [3.63, 3.8) is 0 Å². The van der Waals surface area contributed by atoms with Gasteiger partial charge in [0, 0.05) is 17.7 Å². The zero-order chi connectivity index (χ0) is 22.7. The molecule has 1 fully saturated rings. The van der Waals surface area contributed by atoms with Crippen LogP contribution in [-0.4, -0.2) is 35.7 Å². The first-order chi connectivity index (χ1) is 15.4. The molecule has 1 saturated carbocycles. The van der Waals surface area contributed by atoms with Crippen LogP contribution in [0.5, 0.6) is 0 Å². The number of amides is 1. The van der Waals surface area contributed by atoms with Crippen LogP contribution in [0.3, 0.4) is 0 Å². The van der Waals surface area contributed by atoms with Crippen molar-refractivity contribution in [3.8, 4) is 0 Å². The summed E-state index contributed by atoms with van der Waals surface area (Å²) in [5.41, 5.74) is 13.3. The molecule has 2 aliphatic rings. The van der Waals surface area contributed by atoms with Crippen molar-refractivity contribution >= 4 is 23.1 Å². The topological polar surface area (TPSA) is 102 Å². The largest absolute Gasteiger partial charge is 0.322 e. The van der Waals surface area contributed by atoms with Crippen molar-refractivity contribution in [3.05, 3.63) is 65.7 Å². The summed E-state index contributed by atoms with van der Waals surface area (Å²) in [5, 5.41) is 0. The maximum Gasteiger partial charge on any atom is 0.277 e. The lowest BCUT2D eigenvalue weighted by atomic mass is 9.86. The van der Waals surface area contributed by atoms with Gasteiger partial charge >= 0.3 is 0 Å². The summed E-state index contributed by atoms with van der Waals surface area (Å²) in [6.07, 6.45) is 7.00. The third-order valence-corrected chi connectivity index (χ3v) is 6.63. The number of nitrogens with zero attached hydrogens (tertiary/aromatic N) is 2. The summed E-state index contributed by atoms with van der Waals surface area (Å²) in [7, 11) is 0. The Morgan fingerprint density at radius 1 is 1.09 bits per heavy atom. The Morgan fingerprint density at radius 2 is 1.75 bits per heavy atom. The molecule has 1 heterocycles. The Balaban J connectivity index is 1.82. The van der Waals surface area contributed by atoms with Crippen molar-refractivity contribution in [1.82, 2.24) is 0 Å². The second kappa shape index (κ2) is 9.35. The molecule has 4 rings (SSSR count). The monoisotopic (exact) mass is 432 g/mol. The first-order valence-corrected chi connectivity index (χ1v) is 11.6. The number of anilines is 1. The first kappa shape index (κ1) is 22.4. The Morgan fingerprint density at radius 3 is 2.44 bits per heavy atom. The van der Waals surface area contributed by atoms with Crippen LogP contribution in [0.1, 0.15) is 56.6 Å². The van der Waals surface area contributed by atoms with Crippen molar-refractivity contribution in [2.75, 3.05) is 11.4 Å². The van der Waals surface area contributed by atoms with Crippen LogP contribution in [0.2, 0.25) is 0 Å². The Kier molecular flexibility index (Phi) is 6.53. The van der Waals surface area contributed by atoms with E-state index in [0.29, 0.717) is 18.2 Å². The number of hydrogen-bond donors (Lipinski definition) is 2. The summed E-state index contributed by atoms with van der Waals surface area (Å²) in [4.78, 5) is 33.3. The van der Waals surface area contributed by atoms with E-state index in [1.165, 1.54) is 32.1 Å². The number of benzene rings is 2. The predicted molar refractivity (Wildman–Crippen MR) is 128 cm³/mol. The second-order valence-corrected chi connectivity index (χ2v) is 9.01. The number of carbonyl (C=O) groups excluding carboxylic acids is 2. The van der Waals surface area contributed by atoms with Crippen LogP contribution in [0.15, 0.2) is 59.6 Å². The van der Waals surface area contributed by atoms with E-state index in [2.05, 4.69) is 4.99 Å². The van der Waals surface area contributed by atoms with Crippen LogP contribution in [0, 0.1) is 5.92 Å². The van der Waals surface area contributed by atoms with E-state index >= 15 is 0 Å². The van der Waals surface area contributed by atoms with Gasteiger partial charge in [0.15, 0.2) is 0 Å². The van der Waals surface area contributed by atoms with Gasteiger partial charge in [-0.05, 0) is 25.3 Å². The lowest BCUT2D eigenvalue weighted by molar-refractivity contribution is -0.134. The minimum atomic E-state index is -2.06. The van der Waals surface area contributed by atoms with E-state index in [1.807, 2.05) is 54.6 Å². The Bertz CT molecular complexity index is 1010. The highest BCUT2D eigenvalue weighted by Crippen LogP contribution is 2.33. The number of fused-ring (bicyclic) bond motifs is 1. The van der Waals surface area contributed by atoms with E-state index in [-0.39, 0.29) is 0 Å². The fourth-order valence-electron chi connectivity index (χ4n) is 4.84. The fraction of sp³-hybridized carbons (Fsp3) is 0.423. The van der Waals surface area contributed by atoms with Crippen LogP contribution in [-0.2, 0) is 9.59 Å². The minimum Gasteiger partial charge on any atom is -0.322 e. The van der Waals surface area contributed by atoms with Crippen LogP contribution in [0.4, 0.5) is 5.69 Å². The van der Waals surface area contributed by atoms with Gasteiger partial charge in [0.25, 0.3) is 5.91 Å². The summed E-state index contributed by atoms with van der Waals surface area (Å²) in [6, 6.07) is 16.3. The van der Waals surface area contributed by atoms with Gasteiger partial charge in [0.05, 0.1) is 17.4 Å². The number of nitrogens with two attached hydrogens (primary N) is 2. The van der Waals surface area contributed by atoms with E-state index in [4.69, 9.17) is 11.5 Å². The first-order valence-electron chi connectivity index (χ1n) is 11.6. The lowest BCUT2D eigenvalue weighted by Gasteiger charge is -2.32. The number of rotatable bonds is 6. The number of benzodiazepines with no additional fused rings is 1. The summed E-state index contributed by atoms with van der Waals surface area (Å²) in [5.74, 6) is -0.502. The summed E-state index contributed by atoms with van der Waals surface area (Å²) in [6.45, 7) is 2.05. The molecule has 1 aliphatic heterocycles. The standard InChI is InChI=1S/C26H32N4O2/c1-18(27)24(31)26(28)25(32)30(17-16-19-10-4-2-5-11-19)22-15-9-8-14-21(22)23(29-26)20-12-6-3-7-13-20/h3,6-9,12-15,18-19H,2,4-5,10-11,16-17,27-28H2,1H3/t18-,26?/m0/s1.